The third-order valence-corrected chi connectivity index (χ3v) is 3.74. The number of likely N-dealkylation sites (N-methyl/N-ethyl adjacent to an activating group) is 1. The number of carbonyl (C=O) groups is 1. The summed E-state index contributed by atoms with van der Waals surface area (Å²) in [6, 6.07) is 0.849. The zero-order valence-electron chi connectivity index (χ0n) is 11.7. The molecule has 1 rings (SSSR count). The Kier molecular flexibility index (Phi) is 6.56. The number of nitrogens with one attached hydrogen (secondary N) is 1. The second-order valence-corrected chi connectivity index (χ2v) is 5.62. The fourth-order valence-corrected chi connectivity index (χ4v) is 2.28. The van der Waals surface area contributed by atoms with Crippen molar-refractivity contribution in [1.29, 1.82) is 0 Å². The highest BCUT2D eigenvalue weighted by Gasteiger charge is 2.15. The lowest BCUT2D eigenvalue weighted by molar-refractivity contribution is -0.123. The molecule has 100 valence electrons. The van der Waals surface area contributed by atoms with Crippen molar-refractivity contribution in [2.24, 2.45) is 0 Å². The van der Waals surface area contributed by atoms with Crippen LogP contribution in [0.25, 0.3) is 0 Å². The highest BCUT2D eigenvalue weighted by atomic mass is 16.2. The Morgan fingerprint density at radius 1 is 1.18 bits per heavy atom. The van der Waals surface area contributed by atoms with Gasteiger partial charge in [0.25, 0.3) is 0 Å². The molecule has 1 aliphatic carbocycles. The van der Waals surface area contributed by atoms with Gasteiger partial charge in [-0.1, -0.05) is 32.1 Å². The van der Waals surface area contributed by atoms with E-state index in [1.807, 2.05) is 7.05 Å². The Morgan fingerprint density at radius 3 is 2.24 bits per heavy atom. The van der Waals surface area contributed by atoms with Gasteiger partial charge in [-0.2, -0.15) is 0 Å². The number of nitrogens with zero attached hydrogens (tertiary/aromatic N) is 1. The maximum Gasteiger partial charge on any atom is 0.234 e. The van der Waals surface area contributed by atoms with Crippen molar-refractivity contribution in [3.05, 3.63) is 0 Å². The topological polar surface area (TPSA) is 32.3 Å². The lowest BCUT2D eigenvalue weighted by Gasteiger charge is -2.24. The first-order valence-electron chi connectivity index (χ1n) is 7.09. The quantitative estimate of drug-likeness (QED) is 0.819. The van der Waals surface area contributed by atoms with Crippen LogP contribution in [0.15, 0.2) is 0 Å². The van der Waals surface area contributed by atoms with Gasteiger partial charge in [0.05, 0.1) is 6.54 Å². The van der Waals surface area contributed by atoms with Crippen LogP contribution in [0.3, 0.4) is 0 Å². The summed E-state index contributed by atoms with van der Waals surface area (Å²) in [6.07, 6.45) is 8.90. The standard InChI is InChI=1S/C14H28N2O/c1-12(2)16(3)11-14(17)15-13-9-7-5-4-6-8-10-13/h12-13H,4-11H2,1-3H3,(H,15,17). The molecule has 1 fully saturated rings. The first-order valence-corrected chi connectivity index (χ1v) is 7.09. The van der Waals surface area contributed by atoms with Crippen LogP contribution in [-0.4, -0.2) is 36.5 Å². The Morgan fingerprint density at radius 2 is 1.71 bits per heavy atom. The molecule has 0 aromatic carbocycles. The van der Waals surface area contributed by atoms with E-state index < -0.39 is 0 Å². The van der Waals surface area contributed by atoms with Gasteiger partial charge in [-0.25, -0.2) is 0 Å². The molecule has 0 radical (unpaired) electrons. The molecule has 0 bridgehead atoms. The summed E-state index contributed by atoms with van der Waals surface area (Å²) in [5.41, 5.74) is 0. The summed E-state index contributed by atoms with van der Waals surface area (Å²) < 4.78 is 0. The van der Waals surface area contributed by atoms with Gasteiger partial charge in [0.1, 0.15) is 0 Å². The maximum atomic E-state index is 11.9. The molecular weight excluding hydrogens is 212 g/mol. The van der Waals surface area contributed by atoms with Gasteiger partial charge >= 0.3 is 0 Å². The molecule has 1 aliphatic rings. The first-order chi connectivity index (χ1) is 8.09. The van der Waals surface area contributed by atoms with E-state index in [1.54, 1.807) is 0 Å². The smallest absolute Gasteiger partial charge is 0.234 e. The predicted molar refractivity (Wildman–Crippen MR) is 72.0 cm³/mol. The summed E-state index contributed by atoms with van der Waals surface area (Å²) in [7, 11) is 2.00. The van der Waals surface area contributed by atoms with Crippen molar-refractivity contribution < 1.29 is 4.79 Å². The van der Waals surface area contributed by atoms with E-state index in [2.05, 4.69) is 24.1 Å². The van der Waals surface area contributed by atoms with E-state index in [4.69, 9.17) is 0 Å². The molecule has 1 saturated carbocycles. The minimum absolute atomic E-state index is 0.187. The molecule has 0 aromatic rings. The molecular formula is C14H28N2O. The van der Waals surface area contributed by atoms with Crippen molar-refractivity contribution in [2.45, 2.75) is 70.9 Å². The van der Waals surface area contributed by atoms with Gasteiger partial charge in [0.15, 0.2) is 0 Å². The average molecular weight is 240 g/mol. The number of rotatable bonds is 4. The van der Waals surface area contributed by atoms with E-state index >= 15 is 0 Å². The summed E-state index contributed by atoms with van der Waals surface area (Å²) in [4.78, 5) is 14.0. The SMILES string of the molecule is CC(C)N(C)CC(=O)NC1CCCCCCC1. The van der Waals surface area contributed by atoms with Crippen LogP contribution < -0.4 is 5.32 Å². The van der Waals surface area contributed by atoms with Gasteiger partial charge in [0.2, 0.25) is 5.91 Å². The average Bonchev–Trinajstić information content (AvgIpc) is 2.21. The molecule has 0 aromatic heterocycles. The lowest BCUT2D eigenvalue weighted by Crippen LogP contribution is -2.43. The minimum atomic E-state index is 0.187. The first kappa shape index (κ1) is 14.5. The van der Waals surface area contributed by atoms with Gasteiger partial charge in [-0.05, 0) is 33.7 Å². The van der Waals surface area contributed by atoms with Gasteiger partial charge in [-0.3, -0.25) is 9.69 Å². The molecule has 17 heavy (non-hydrogen) atoms. The van der Waals surface area contributed by atoms with Crippen LogP contribution in [-0.2, 0) is 4.79 Å². The van der Waals surface area contributed by atoms with Crippen molar-refractivity contribution >= 4 is 5.91 Å². The third kappa shape index (κ3) is 6.06. The van der Waals surface area contributed by atoms with E-state index in [-0.39, 0.29) is 5.91 Å². The summed E-state index contributed by atoms with van der Waals surface area (Å²) in [6.45, 7) is 4.75. The molecule has 1 N–H and O–H groups in total. The third-order valence-electron chi connectivity index (χ3n) is 3.74. The van der Waals surface area contributed by atoms with Crippen LogP contribution in [0.4, 0.5) is 0 Å². The lowest BCUT2D eigenvalue weighted by atomic mass is 9.97. The van der Waals surface area contributed by atoms with Gasteiger partial charge < -0.3 is 5.32 Å². The van der Waals surface area contributed by atoms with E-state index in [0.717, 1.165) is 12.8 Å². The molecule has 0 atom stereocenters. The summed E-state index contributed by atoms with van der Waals surface area (Å²) >= 11 is 0. The molecule has 3 nitrogen and oxygen atoms in total. The number of hydrogen-bond acceptors (Lipinski definition) is 2. The second-order valence-electron chi connectivity index (χ2n) is 5.62. The molecule has 0 aliphatic heterocycles. The molecule has 3 heteroatoms. The molecule has 1 amide bonds. The highest BCUT2D eigenvalue weighted by Crippen LogP contribution is 2.16. The number of carbonyl (C=O) groups excluding carboxylic acids is 1. The van der Waals surface area contributed by atoms with Crippen LogP contribution >= 0.6 is 0 Å². The van der Waals surface area contributed by atoms with E-state index in [1.165, 1.54) is 32.1 Å². The Bertz CT molecular complexity index is 220. The van der Waals surface area contributed by atoms with Crippen molar-refractivity contribution in [3.8, 4) is 0 Å². The minimum Gasteiger partial charge on any atom is -0.352 e. The molecule has 0 heterocycles. The van der Waals surface area contributed by atoms with Gasteiger partial charge in [0, 0.05) is 12.1 Å². The second kappa shape index (κ2) is 7.70. The fraction of sp³-hybridized carbons (Fsp3) is 0.929. The molecule has 0 unspecified atom stereocenters. The highest BCUT2D eigenvalue weighted by molar-refractivity contribution is 5.78. The van der Waals surface area contributed by atoms with Crippen LogP contribution in [0.2, 0.25) is 0 Å². The number of amides is 1. The Hall–Kier alpha value is -0.570. The predicted octanol–water partition coefficient (Wildman–Crippen LogP) is 2.56. The largest absolute Gasteiger partial charge is 0.352 e. The van der Waals surface area contributed by atoms with Crippen LogP contribution in [0, 0.1) is 0 Å². The Balaban J connectivity index is 2.28. The van der Waals surface area contributed by atoms with Crippen LogP contribution in [0.5, 0.6) is 0 Å². The van der Waals surface area contributed by atoms with Crippen molar-refractivity contribution in [2.75, 3.05) is 13.6 Å². The molecule has 0 saturated heterocycles. The number of hydrogen-bond donors (Lipinski definition) is 1. The van der Waals surface area contributed by atoms with Crippen molar-refractivity contribution in [1.82, 2.24) is 10.2 Å². The zero-order valence-corrected chi connectivity index (χ0v) is 11.7. The summed E-state index contributed by atoms with van der Waals surface area (Å²) in [5, 5.41) is 3.19. The van der Waals surface area contributed by atoms with Crippen molar-refractivity contribution in [3.63, 3.8) is 0 Å². The van der Waals surface area contributed by atoms with Crippen LogP contribution in [0.1, 0.15) is 58.8 Å². The van der Waals surface area contributed by atoms with E-state index in [0.29, 0.717) is 18.6 Å². The Labute approximate surface area is 106 Å². The fourth-order valence-electron chi connectivity index (χ4n) is 2.28. The van der Waals surface area contributed by atoms with Gasteiger partial charge in [-0.15, -0.1) is 0 Å². The maximum absolute atomic E-state index is 11.9. The zero-order chi connectivity index (χ0) is 12.7. The monoisotopic (exact) mass is 240 g/mol. The molecule has 0 spiro atoms. The normalized spacial score (nSPS) is 19.1. The summed E-state index contributed by atoms with van der Waals surface area (Å²) in [5.74, 6) is 0.187. The van der Waals surface area contributed by atoms with E-state index in [9.17, 15) is 4.79 Å².